The minimum absolute atomic E-state index is 0.105. The van der Waals surface area contributed by atoms with Crippen molar-refractivity contribution in [3.63, 3.8) is 0 Å². The second-order valence-electron chi connectivity index (χ2n) is 4.40. The van der Waals surface area contributed by atoms with Gasteiger partial charge in [-0.15, -0.1) is 0 Å². The van der Waals surface area contributed by atoms with E-state index in [2.05, 4.69) is 37.8 Å². The second kappa shape index (κ2) is 4.50. The van der Waals surface area contributed by atoms with E-state index >= 15 is 0 Å². The Morgan fingerprint density at radius 3 is 2.94 bits per heavy atom. The highest BCUT2D eigenvalue weighted by Crippen LogP contribution is 2.28. The SMILES string of the molecule is Cc1ccc2c(c1)CCCN2C(=O)C(C)S. The molecule has 1 amide bonds. The van der Waals surface area contributed by atoms with Crippen molar-refractivity contribution in [2.45, 2.75) is 31.9 Å². The smallest absolute Gasteiger partial charge is 0.239 e. The molecule has 0 radical (unpaired) electrons. The zero-order valence-corrected chi connectivity index (χ0v) is 10.6. The van der Waals surface area contributed by atoms with Gasteiger partial charge < -0.3 is 4.90 Å². The summed E-state index contributed by atoms with van der Waals surface area (Å²) in [6.45, 7) is 4.73. The van der Waals surface area contributed by atoms with Gasteiger partial charge >= 0.3 is 0 Å². The number of thiol groups is 1. The predicted molar refractivity (Wildman–Crippen MR) is 70.3 cm³/mol. The van der Waals surface area contributed by atoms with Crippen LogP contribution in [0.2, 0.25) is 0 Å². The molecule has 1 aliphatic rings. The van der Waals surface area contributed by atoms with Crippen LogP contribution in [-0.4, -0.2) is 17.7 Å². The average molecular weight is 235 g/mol. The normalized spacial score (nSPS) is 16.8. The number of hydrogen-bond donors (Lipinski definition) is 1. The maximum atomic E-state index is 12.0. The van der Waals surface area contributed by atoms with Crippen molar-refractivity contribution in [3.05, 3.63) is 29.3 Å². The Morgan fingerprint density at radius 2 is 2.25 bits per heavy atom. The van der Waals surface area contributed by atoms with Gasteiger partial charge in [-0.3, -0.25) is 4.79 Å². The number of anilines is 1. The number of benzene rings is 1. The molecule has 1 aromatic rings. The number of carbonyl (C=O) groups is 1. The van der Waals surface area contributed by atoms with Crippen LogP contribution in [0.1, 0.15) is 24.5 Å². The Balaban J connectivity index is 2.37. The van der Waals surface area contributed by atoms with E-state index in [1.165, 1.54) is 11.1 Å². The molecule has 0 saturated heterocycles. The highest BCUT2D eigenvalue weighted by Gasteiger charge is 2.24. The first-order valence-electron chi connectivity index (χ1n) is 5.68. The Hall–Kier alpha value is -0.960. The molecule has 3 heteroatoms. The van der Waals surface area contributed by atoms with Gasteiger partial charge in [0.2, 0.25) is 5.91 Å². The van der Waals surface area contributed by atoms with Crippen LogP contribution >= 0.6 is 12.6 Å². The number of carbonyl (C=O) groups excluding carboxylic acids is 1. The highest BCUT2D eigenvalue weighted by molar-refractivity contribution is 7.81. The molecule has 2 nitrogen and oxygen atoms in total. The van der Waals surface area contributed by atoms with Crippen LogP contribution in [0.15, 0.2) is 18.2 Å². The van der Waals surface area contributed by atoms with Crippen molar-refractivity contribution in [2.75, 3.05) is 11.4 Å². The van der Waals surface area contributed by atoms with Crippen LogP contribution in [-0.2, 0) is 11.2 Å². The van der Waals surface area contributed by atoms with E-state index in [0.29, 0.717) is 0 Å². The van der Waals surface area contributed by atoms with Gasteiger partial charge in [-0.05, 0) is 38.3 Å². The molecule has 1 aliphatic heterocycles. The van der Waals surface area contributed by atoms with Gasteiger partial charge in [0.25, 0.3) is 0 Å². The number of amides is 1. The summed E-state index contributed by atoms with van der Waals surface area (Å²) in [4.78, 5) is 13.9. The number of fused-ring (bicyclic) bond motifs is 1. The first-order chi connectivity index (χ1) is 7.59. The number of hydrogen-bond acceptors (Lipinski definition) is 2. The lowest BCUT2D eigenvalue weighted by atomic mass is 9.99. The average Bonchev–Trinajstić information content (AvgIpc) is 2.26. The first-order valence-corrected chi connectivity index (χ1v) is 6.20. The second-order valence-corrected chi connectivity index (χ2v) is 5.18. The van der Waals surface area contributed by atoms with Crippen LogP contribution in [0.3, 0.4) is 0 Å². The minimum Gasteiger partial charge on any atom is -0.311 e. The van der Waals surface area contributed by atoms with Crippen LogP contribution in [0, 0.1) is 6.92 Å². The van der Waals surface area contributed by atoms with E-state index in [0.717, 1.165) is 25.1 Å². The quantitative estimate of drug-likeness (QED) is 0.742. The number of nitrogens with zero attached hydrogens (tertiary/aromatic N) is 1. The van der Waals surface area contributed by atoms with Crippen molar-refractivity contribution in [1.29, 1.82) is 0 Å². The maximum Gasteiger partial charge on any atom is 0.239 e. The lowest BCUT2D eigenvalue weighted by Gasteiger charge is -2.30. The molecule has 2 rings (SSSR count). The zero-order chi connectivity index (χ0) is 11.7. The molecule has 86 valence electrons. The molecule has 0 fully saturated rings. The van der Waals surface area contributed by atoms with Gasteiger partial charge in [-0.1, -0.05) is 17.7 Å². The maximum absolute atomic E-state index is 12.0. The fraction of sp³-hybridized carbons (Fsp3) is 0.462. The fourth-order valence-corrected chi connectivity index (χ4v) is 2.32. The molecular formula is C13H17NOS. The monoisotopic (exact) mass is 235 g/mol. The predicted octanol–water partition coefficient (Wildman–Crippen LogP) is 2.59. The van der Waals surface area contributed by atoms with Gasteiger partial charge in [-0.25, -0.2) is 0 Å². The molecule has 0 spiro atoms. The van der Waals surface area contributed by atoms with E-state index in [1.54, 1.807) is 0 Å². The van der Waals surface area contributed by atoms with E-state index in [4.69, 9.17) is 0 Å². The van der Waals surface area contributed by atoms with Crippen molar-refractivity contribution in [1.82, 2.24) is 0 Å². The molecular weight excluding hydrogens is 218 g/mol. The Morgan fingerprint density at radius 1 is 1.50 bits per heavy atom. The number of rotatable bonds is 1. The third-order valence-corrected chi connectivity index (χ3v) is 3.20. The van der Waals surface area contributed by atoms with Crippen molar-refractivity contribution in [3.8, 4) is 0 Å². The molecule has 16 heavy (non-hydrogen) atoms. The minimum atomic E-state index is -0.229. The van der Waals surface area contributed by atoms with Crippen molar-refractivity contribution >= 4 is 24.2 Å². The number of aryl methyl sites for hydroxylation is 2. The fourth-order valence-electron chi connectivity index (χ4n) is 2.18. The van der Waals surface area contributed by atoms with Crippen LogP contribution in [0.5, 0.6) is 0 Å². The van der Waals surface area contributed by atoms with E-state index < -0.39 is 0 Å². The first kappa shape index (κ1) is 11.5. The third-order valence-electron chi connectivity index (χ3n) is 2.98. The van der Waals surface area contributed by atoms with Crippen LogP contribution in [0.25, 0.3) is 0 Å². The zero-order valence-electron chi connectivity index (χ0n) is 9.73. The molecule has 1 unspecified atom stereocenters. The molecule has 0 N–H and O–H groups in total. The molecule has 1 atom stereocenters. The third kappa shape index (κ3) is 2.09. The summed E-state index contributed by atoms with van der Waals surface area (Å²) < 4.78 is 0. The summed E-state index contributed by atoms with van der Waals surface area (Å²) in [6, 6.07) is 6.30. The van der Waals surface area contributed by atoms with Crippen molar-refractivity contribution < 1.29 is 4.79 Å². The van der Waals surface area contributed by atoms with Gasteiger partial charge in [0.05, 0.1) is 5.25 Å². The van der Waals surface area contributed by atoms with Gasteiger partial charge in [0, 0.05) is 12.2 Å². The van der Waals surface area contributed by atoms with Gasteiger partial charge in [0.1, 0.15) is 0 Å². The largest absolute Gasteiger partial charge is 0.311 e. The van der Waals surface area contributed by atoms with Crippen LogP contribution < -0.4 is 4.90 Å². The molecule has 0 saturated carbocycles. The van der Waals surface area contributed by atoms with Crippen molar-refractivity contribution in [2.24, 2.45) is 0 Å². The van der Waals surface area contributed by atoms with Crippen LogP contribution in [0.4, 0.5) is 5.69 Å². The lowest BCUT2D eigenvalue weighted by molar-refractivity contribution is -0.117. The van der Waals surface area contributed by atoms with E-state index in [-0.39, 0.29) is 11.2 Å². The summed E-state index contributed by atoms with van der Waals surface area (Å²) in [5.74, 6) is 0.105. The van der Waals surface area contributed by atoms with E-state index in [9.17, 15) is 4.79 Å². The summed E-state index contributed by atoms with van der Waals surface area (Å²) >= 11 is 4.22. The molecule has 1 aromatic carbocycles. The molecule has 1 heterocycles. The van der Waals surface area contributed by atoms with Gasteiger partial charge in [-0.2, -0.15) is 12.6 Å². The summed E-state index contributed by atoms with van der Waals surface area (Å²) in [6.07, 6.45) is 2.12. The Kier molecular flexibility index (Phi) is 3.24. The van der Waals surface area contributed by atoms with E-state index in [1.807, 2.05) is 11.8 Å². The topological polar surface area (TPSA) is 20.3 Å². The highest BCUT2D eigenvalue weighted by atomic mass is 32.1. The Labute approximate surface area is 102 Å². The summed E-state index contributed by atoms with van der Waals surface area (Å²) in [7, 11) is 0. The molecule has 0 aromatic heterocycles. The lowest BCUT2D eigenvalue weighted by Crippen LogP contribution is -2.39. The molecule has 0 aliphatic carbocycles. The van der Waals surface area contributed by atoms with Gasteiger partial charge in [0.15, 0.2) is 0 Å². The summed E-state index contributed by atoms with van der Waals surface area (Å²) in [5, 5.41) is -0.229. The summed E-state index contributed by atoms with van der Waals surface area (Å²) in [5.41, 5.74) is 3.61. The Bertz CT molecular complexity index is 414. The standard InChI is InChI=1S/C13H17NOS/c1-9-5-6-12-11(8-9)4-3-7-14(12)13(15)10(2)16/h5-6,8,10,16H,3-4,7H2,1-2H3. The molecule has 0 bridgehead atoms.